The lowest BCUT2D eigenvalue weighted by Gasteiger charge is -2.14. The Balaban J connectivity index is 1.79. The third-order valence-corrected chi connectivity index (χ3v) is 3.89. The first kappa shape index (κ1) is 17.5. The first-order valence-electron chi connectivity index (χ1n) is 8.40. The van der Waals surface area contributed by atoms with Crippen LogP contribution in [0.1, 0.15) is 21.5 Å². The van der Waals surface area contributed by atoms with Gasteiger partial charge in [-0.2, -0.15) is 0 Å². The molecule has 3 nitrogen and oxygen atoms in total. The molecule has 0 aromatic heterocycles. The number of ether oxygens (including phenoxy) is 2. The van der Waals surface area contributed by atoms with Crippen molar-refractivity contribution in [2.75, 3.05) is 0 Å². The predicted octanol–water partition coefficient (Wildman–Crippen LogP) is 5.21. The van der Waals surface area contributed by atoms with E-state index in [1.807, 2.05) is 60.7 Å². The van der Waals surface area contributed by atoms with Gasteiger partial charge in [-0.1, -0.05) is 67.2 Å². The van der Waals surface area contributed by atoms with Crippen molar-refractivity contribution < 1.29 is 14.3 Å². The molecule has 26 heavy (non-hydrogen) atoms. The van der Waals surface area contributed by atoms with Crippen LogP contribution in [0.2, 0.25) is 0 Å². The Morgan fingerprint density at radius 3 is 1.85 bits per heavy atom. The summed E-state index contributed by atoms with van der Waals surface area (Å²) < 4.78 is 11.9. The van der Waals surface area contributed by atoms with Gasteiger partial charge in [0.1, 0.15) is 13.2 Å². The van der Waals surface area contributed by atoms with Crippen LogP contribution in [-0.2, 0) is 13.2 Å². The van der Waals surface area contributed by atoms with E-state index in [1.165, 1.54) is 6.08 Å². The molecular formula is C23H20O3. The lowest BCUT2D eigenvalue weighted by molar-refractivity contribution is 0.104. The van der Waals surface area contributed by atoms with Gasteiger partial charge < -0.3 is 9.47 Å². The van der Waals surface area contributed by atoms with Gasteiger partial charge in [-0.05, 0) is 35.4 Å². The molecule has 0 radical (unpaired) electrons. The summed E-state index contributed by atoms with van der Waals surface area (Å²) in [7, 11) is 0. The molecule has 0 fully saturated rings. The molecule has 130 valence electrons. The summed E-state index contributed by atoms with van der Waals surface area (Å²) in [5.41, 5.74) is 2.63. The van der Waals surface area contributed by atoms with E-state index in [1.54, 1.807) is 18.2 Å². The minimum Gasteiger partial charge on any atom is -0.485 e. The van der Waals surface area contributed by atoms with E-state index in [0.29, 0.717) is 30.3 Å². The number of hydrogen-bond donors (Lipinski definition) is 0. The lowest BCUT2D eigenvalue weighted by atomic mass is 10.1. The molecule has 0 spiro atoms. The van der Waals surface area contributed by atoms with Crippen molar-refractivity contribution in [2.45, 2.75) is 13.2 Å². The van der Waals surface area contributed by atoms with Crippen LogP contribution in [0.25, 0.3) is 0 Å². The van der Waals surface area contributed by atoms with Crippen LogP contribution in [0, 0.1) is 0 Å². The highest BCUT2D eigenvalue weighted by Gasteiger charge is 2.11. The average molecular weight is 344 g/mol. The zero-order valence-electron chi connectivity index (χ0n) is 14.4. The first-order valence-corrected chi connectivity index (χ1v) is 8.40. The van der Waals surface area contributed by atoms with E-state index in [0.717, 1.165) is 11.1 Å². The smallest absolute Gasteiger partial charge is 0.185 e. The third-order valence-electron chi connectivity index (χ3n) is 3.89. The van der Waals surface area contributed by atoms with Crippen molar-refractivity contribution in [3.8, 4) is 11.5 Å². The Labute approximate surface area is 153 Å². The SMILES string of the molecule is C=CC(=O)c1ccc(OCc2ccccc2)c(OCc2ccccc2)c1. The van der Waals surface area contributed by atoms with Gasteiger partial charge in [0.15, 0.2) is 17.3 Å². The molecule has 0 aliphatic carbocycles. The number of carbonyl (C=O) groups is 1. The van der Waals surface area contributed by atoms with Crippen molar-refractivity contribution in [3.63, 3.8) is 0 Å². The number of carbonyl (C=O) groups excluding carboxylic acids is 1. The van der Waals surface area contributed by atoms with Gasteiger partial charge in [0.2, 0.25) is 0 Å². The minimum atomic E-state index is -0.149. The Bertz CT molecular complexity index is 870. The second-order valence-electron chi connectivity index (χ2n) is 5.78. The maximum absolute atomic E-state index is 11.9. The van der Waals surface area contributed by atoms with E-state index in [2.05, 4.69) is 6.58 Å². The van der Waals surface area contributed by atoms with Crippen molar-refractivity contribution in [2.24, 2.45) is 0 Å². The maximum Gasteiger partial charge on any atom is 0.185 e. The zero-order chi connectivity index (χ0) is 18.2. The van der Waals surface area contributed by atoms with Crippen LogP contribution in [0.4, 0.5) is 0 Å². The topological polar surface area (TPSA) is 35.5 Å². The van der Waals surface area contributed by atoms with Gasteiger partial charge in [0.05, 0.1) is 0 Å². The monoisotopic (exact) mass is 344 g/mol. The highest BCUT2D eigenvalue weighted by Crippen LogP contribution is 2.30. The van der Waals surface area contributed by atoms with Crippen LogP contribution in [-0.4, -0.2) is 5.78 Å². The molecule has 0 saturated carbocycles. The number of benzene rings is 3. The molecule has 0 aliphatic heterocycles. The van der Waals surface area contributed by atoms with Crippen LogP contribution < -0.4 is 9.47 Å². The number of rotatable bonds is 8. The Kier molecular flexibility index (Phi) is 5.84. The van der Waals surface area contributed by atoms with Crippen molar-refractivity contribution in [3.05, 3.63) is 108 Å². The Morgan fingerprint density at radius 1 is 0.769 bits per heavy atom. The summed E-state index contributed by atoms with van der Waals surface area (Å²) >= 11 is 0. The van der Waals surface area contributed by atoms with E-state index in [9.17, 15) is 4.79 Å². The van der Waals surface area contributed by atoms with E-state index in [-0.39, 0.29) is 5.78 Å². The first-order chi connectivity index (χ1) is 12.8. The largest absolute Gasteiger partial charge is 0.485 e. The minimum absolute atomic E-state index is 0.149. The van der Waals surface area contributed by atoms with E-state index >= 15 is 0 Å². The average Bonchev–Trinajstić information content (AvgIpc) is 2.72. The summed E-state index contributed by atoms with van der Waals surface area (Å²) in [6, 6.07) is 25.0. The molecule has 0 unspecified atom stereocenters. The molecule has 3 heteroatoms. The molecule has 0 saturated heterocycles. The standard InChI is InChI=1S/C23H20O3/c1-2-21(24)20-13-14-22(25-16-18-9-5-3-6-10-18)23(15-20)26-17-19-11-7-4-8-12-19/h2-15H,1,16-17H2. The maximum atomic E-state index is 11.9. The molecule has 0 amide bonds. The zero-order valence-corrected chi connectivity index (χ0v) is 14.4. The van der Waals surface area contributed by atoms with Crippen LogP contribution in [0.5, 0.6) is 11.5 Å². The van der Waals surface area contributed by atoms with Crippen molar-refractivity contribution >= 4 is 5.78 Å². The van der Waals surface area contributed by atoms with Gasteiger partial charge in [0.25, 0.3) is 0 Å². The molecule has 0 aliphatic rings. The second kappa shape index (κ2) is 8.67. The van der Waals surface area contributed by atoms with E-state index < -0.39 is 0 Å². The van der Waals surface area contributed by atoms with Crippen molar-refractivity contribution in [1.82, 2.24) is 0 Å². The Hall–Kier alpha value is -3.33. The van der Waals surface area contributed by atoms with Gasteiger partial charge in [-0.15, -0.1) is 0 Å². The lowest BCUT2D eigenvalue weighted by Crippen LogP contribution is -2.02. The molecule has 3 aromatic rings. The Morgan fingerprint density at radius 2 is 1.31 bits per heavy atom. The molecule has 3 rings (SSSR count). The van der Waals surface area contributed by atoms with Gasteiger partial charge >= 0.3 is 0 Å². The van der Waals surface area contributed by atoms with Crippen LogP contribution in [0.15, 0.2) is 91.5 Å². The second-order valence-corrected chi connectivity index (χ2v) is 5.78. The van der Waals surface area contributed by atoms with Gasteiger partial charge in [0, 0.05) is 5.56 Å². The molecule has 3 aromatic carbocycles. The fraction of sp³-hybridized carbons (Fsp3) is 0.0870. The number of allylic oxidation sites excluding steroid dienone is 1. The predicted molar refractivity (Wildman–Crippen MR) is 103 cm³/mol. The molecule has 0 atom stereocenters. The quantitative estimate of drug-likeness (QED) is 0.415. The number of ketones is 1. The molecule has 0 heterocycles. The normalized spacial score (nSPS) is 10.2. The molecule has 0 N–H and O–H groups in total. The highest BCUT2D eigenvalue weighted by molar-refractivity contribution is 6.04. The molecular weight excluding hydrogens is 324 g/mol. The van der Waals surface area contributed by atoms with Gasteiger partial charge in [-0.25, -0.2) is 0 Å². The highest BCUT2D eigenvalue weighted by atomic mass is 16.5. The summed E-state index contributed by atoms with van der Waals surface area (Å²) in [5.74, 6) is 0.993. The van der Waals surface area contributed by atoms with Crippen molar-refractivity contribution in [1.29, 1.82) is 0 Å². The summed E-state index contributed by atoms with van der Waals surface area (Å²) in [6.07, 6.45) is 1.29. The van der Waals surface area contributed by atoms with Gasteiger partial charge in [-0.3, -0.25) is 4.79 Å². The summed E-state index contributed by atoms with van der Waals surface area (Å²) in [5, 5.41) is 0. The van der Waals surface area contributed by atoms with Crippen LogP contribution >= 0.6 is 0 Å². The van der Waals surface area contributed by atoms with Crippen LogP contribution in [0.3, 0.4) is 0 Å². The summed E-state index contributed by atoms with van der Waals surface area (Å²) in [4.78, 5) is 11.9. The van der Waals surface area contributed by atoms with E-state index in [4.69, 9.17) is 9.47 Å². The third kappa shape index (κ3) is 4.61. The number of hydrogen-bond acceptors (Lipinski definition) is 3. The fourth-order valence-corrected chi connectivity index (χ4v) is 2.48. The summed E-state index contributed by atoms with van der Waals surface area (Å²) in [6.45, 7) is 4.36. The fourth-order valence-electron chi connectivity index (χ4n) is 2.48. The molecule has 0 bridgehead atoms.